The molecule has 1 N–H and O–H groups in total. The predicted molar refractivity (Wildman–Crippen MR) is 51.6 cm³/mol. The Morgan fingerprint density at radius 3 is 3.00 bits per heavy atom. The summed E-state index contributed by atoms with van der Waals surface area (Å²) in [5, 5.41) is 6.85. The molecule has 0 fully saturated rings. The number of benzene rings is 1. The molecule has 63 valence electrons. The molecule has 0 heterocycles. The zero-order valence-corrected chi connectivity index (χ0v) is 7.22. The van der Waals surface area contributed by atoms with E-state index in [4.69, 9.17) is 5.41 Å². The van der Waals surface area contributed by atoms with Gasteiger partial charge in [0.15, 0.2) is 0 Å². The van der Waals surface area contributed by atoms with E-state index in [1.807, 2.05) is 18.2 Å². The minimum Gasteiger partial charge on any atom is -0.313 e. The van der Waals surface area contributed by atoms with E-state index >= 15 is 0 Å². The number of aryl methyl sites for hydroxylation is 1. The van der Waals surface area contributed by atoms with Crippen LogP contribution in [0.3, 0.4) is 0 Å². The van der Waals surface area contributed by atoms with Gasteiger partial charge in [0.25, 0.3) is 0 Å². The number of rotatable bonds is 5. The first-order chi connectivity index (χ1) is 5.93. The second-order valence-electron chi connectivity index (χ2n) is 2.86. The summed E-state index contributed by atoms with van der Waals surface area (Å²) >= 11 is 0. The molecule has 1 aromatic carbocycles. The van der Waals surface area contributed by atoms with Gasteiger partial charge >= 0.3 is 0 Å². The highest BCUT2D eigenvalue weighted by Crippen LogP contribution is 2.04. The molecule has 12 heavy (non-hydrogen) atoms. The highest BCUT2D eigenvalue weighted by atomic mass is 14.3. The lowest BCUT2D eigenvalue weighted by Gasteiger charge is -1.98. The maximum Gasteiger partial charge on any atom is -0.00477 e. The van der Waals surface area contributed by atoms with Gasteiger partial charge in [-0.1, -0.05) is 24.3 Å². The van der Waals surface area contributed by atoms with E-state index < -0.39 is 0 Å². The van der Waals surface area contributed by atoms with Gasteiger partial charge in [0, 0.05) is 0 Å². The highest BCUT2D eigenvalue weighted by Gasteiger charge is 1.90. The molecule has 0 saturated carbocycles. The molecule has 1 radical (unpaired) electrons. The molecular formula is C11H14N. The van der Waals surface area contributed by atoms with Crippen LogP contribution in [0.2, 0.25) is 0 Å². The summed E-state index contributed by atoms with van der Waals surface area (Å²) in [6.45, 7) is 0. The Morgan fingerprint density at radius 2 is 2.33 bits per heavy atom. The topological polar surface area (TPSA) is 23.9 Å². The van der Waals surface area contributed by atoms with E-state index in [1.54, 1.807) is 0 Å². The highest BCUT2D eigenvalue weighted by molar-refractivity contribution is 5.52. The van der Waals surface area contributed by atoms with E-state index in [2.05, 4.69) is 12.1 Å². The van der Waals surface area contributed by atoms with Gasteiger partial charge in [-0.05, 0) is 43.5 Å². The lowest BCUT2D eigenvalue weighted by Crippen LogP contribution is -1.85. The Bertz CT molecular complexity index is 216. The maximum atomic E-state index is 6.85. The van der Waals surface area contributed by atoms with Crippen LogP contribution in [0.5, 0.6) is 0 Å². The Morgan fingerprint density at radius 1 is 1.42 bits per heavy atom. The smallest absolute Gasteiger partial charge is 0.00477 e. The second kappa shape index (κ2) is 5.53. The van der Waals surface area contributed by atoms with Gasteiger partial charge in [0.1, 0.15) is 0 Å². The Balaban J connectivity index is 2.20. The first-order valence-electron chi connectivity index (χ1n) is 4.37. The molecule has 1 rings (SSSR count). The van der Waals surface area contributed by atoms with Crippen LogP contribution in [0.25, 0.3) is 0 Å². The minimum atomic E-state index is 0.913. The van der Waals surface area contributed by atoms with E-state index in [9.17, 15) is 0 Å². The SMILES string of the molecule is N=CCCCCc1c[c]ccc1. The zero-order valence-electron chi connectivity index (χ0n) is 7.22. The van der Waals surface area contributed by atoms with Crippen molar-refractivity contribution in [1.82, 2.24) is 0 Å². The van der Waals surface area contributed by atoms with E-state index in [1.165, 1.54) is 18.2 Å². The summed E-state index contributed by atoms with van der Waals surface area (Å²) in [5.41, 5.74) is 1.35. The van der Waals surface area contributed by atoms with Gasteiger partial charge in [-0.15, -0.1) is 0 Å². The summed E-state index contributed by atoms with van der Waals surface area (Å²) in [5.74, 6) is 0. The molecule has 0 unspecified atom stereocenters. The van der Waals surface area contributed by atoms with Gasteiger partial charge < -0.3 is 5.41 Å². The molecular weight excluding hydrogens is 146 g/mol. The normalized spacial score (nSPS) is 9.67. The monoisotopic (exact) mass is 160 g/mol. The fourth-order valence-electron chi connectivity index (χ4n) is 1.16. The van der Waals surface area contributed by atoms with Crippen molar-refractivity contribution in [1.29, 1.82) is 5.41 Å². The summed E-state index contributed by atoms with van der Waals surface area (Å²) in [7, 11) is 0. The lowest BCUT2D eigenvalue weighted by molar-refractivity contribution is 0.765. The average molecular weight is 160 g/mol. The van der Waals surface area contributed by atoms with Crippen molar-refractivity contribution in [3.63, 3.8) is 0 Å². The number of nitrogens with one attached hydrogen (secondary N) is 1. The third-order valence-electron chi connectivity index (χ3n) is 1.84. The van der Waals surface area contributed by atoms with Gasteiger partial charge in [-0.3, -0.25) is 0 Å². The van der Waals surface area contributed by atoms with E-state index in [0.717, 1.165) is 19.3 Å². The number of hydrogen-bond acceptors (Lipinski definition) is 1. The molecule has 1 nitrogen and oxygen atoms in total. The molecule has 0 aliphatic rings. The predicted octanol–water partition coefficient (Wildman–Crippen LogP) is 2.85. The van der Waals surface area contributed by atoms with Gasteiger partial charge in [0.2, 0.25) is 0 Å². The van der Waals surface area contributed by atoms with Crippen molar-refractivity contribution in [2.45, 2.75) is 25.7 Å². The zero-order chi connectivity index (χ0) is 8.65. The molecule has 0 amide bonds. The van der Waals surface area contributed by atoms with Crippen molar-refractivity contribution < 1.29 is 0 Å². The molecule has 0 atom stereocenters. The average Bonchev–Trinajstić information content (AvgIpc) is 2.14. The molecule has 1 aromatic rings. The van der Waals surface area contributed by atoms with E-state index in [-0.39, 0.29) is 0 Å². The van der Waals surface area contributed by atoms with E-state index in [0.29, 0.717) is 0 Å². The Kier molecular flexibility index (Phi) is 4.14. The van der Waals surface area contributed by atoms with Crippen LogP contribution in [0.4, 0.5) is 0 Å². The van der Waals surface area contributed by atoms with Crippen LogP contribution in [0.15, 0.2) is 24.3 Å². The summed E-state index contributed by atoms with van der Waals surface area (Å²) in [4.78, 5) is 0. The largest absolute Gasteiger partial charge is 0.313 e. The van der Waals surface area contributed by atoms with Crippen molar-refractivity contribution in [2.75, 3.05) is 0 Å². The van der Waals surface area contributed by atoms with Gasteiger partial charge in [-0.25, -0.2) is 0 Å². The first kappa shape index (κ1) is 8.98. The van der Waals surface area contributed by atoms with Gasteiger partial charge in [0.05, 0.1) is 0 Å². The van der Waals surface area contributed by atoms with Crippen LogP contribution >= 0.6 is 0 Å². The molecule has 0 bridgehead atoms. The molecule has 0 aliphatic heterocycles. The van der Waals surface area contributed by atoms with Crippen LogP contribution in [-0.4, -0.2) is 6.21 Å². The van der Waals surface area contributed by atoms with Crippen LogP contribution in [0.1, 0.15) is 24.8 Å². The summed E-state index contributed by atoms with van der Waals surface area (Å²) < 4.78 is 0. The maximum absolute atomic E-state index is 6.85. The molecule has 0 saturated heterocycles. The quantitative estimate of drug-likeness (QED) is 0.506. The minimum absolute atomic E-state index is 0.913. The van der Waals surface area contributed by atoms with Crippen molar-refractivity contribution in [3.05, 3.63) is 35.9 Å². The van der Waals surface area contributed by atoms with Gasteiger partial charge in [-0.2, -0.15) is 0 Å². The summed E-state index contributed by atoms with van der Waals surface area (Å²) in [6.07, 6.45) is 5.81. The summed E-state index contributed by atoms with van der Waals surface area (Å²) in [6, 6.07) is 11.2. The molecule has 0 spiro atoms. The molecule has 0 aromatic heterocycles. The van der Waals surface area contributed by atoms with Crippen molar-refractivity contribution >= 4 is 6.21 Å². The first-order valence-corrected chi connectivity index (χ1v) is 4.37. The number of unbranched alkanes of at least 4 members (excludes halogenated alkanes) is 2. The molecule has 1 heteroatoms. The Hall–Kier alpha value is -1.11. The van der Waals surface area contributed by atoms with Crippen molar-refractivity contribution in [2.24, 2.45) is 0 Å². The van der Waals surface area contributed by atoms with Crippen LogP contribution < -0.4 is 0 Å². The van der Waals surface area contributed by atoms with Crippen LogP contribution in [-0.2, 0) is 6.42 Å². The van der Waals surface area contributed by atoms with Crippen molar-refractivity contribution in [3.8, 4) is 0 Å². The third-order valence-corrected chi connectivity index (χ3v) is 1.84. The fourth-order valence-corrected chi connectivity index (χ4v) is 1.16. The standard InChI is InChI=1S/C11H14N/c12-10-6-2-5-9-11-7-3-1-4-8-11/h1,3,7-8,10,12H,2,5-6,9H2. The van der Waals surface area contributed by atoms with Crippen LogP contribution in [0, 0.1) is 11.5 Å². The molecule has 0 aliphatic carbocycles. The lowest BCUT2D eigenvalue weighted by atomic mass is 10.1. The Labute approximate surface area is 73.9 Å². The third kappa shape index (κ3) is 3.33. The fraction of sp³-hybridized carbons (Fsp3) is 0.364. The number of hydrogen-bond donors (Lipinski definition) is 1. The second-order valence-corrected chi connectivity index (χ2v) is 2.86.